The zero-order valence-corrected chi connectivity index (χ0v) is 43.9. The van der Waals surface area contributed by atoms with Crippen molar-refractivity contribution < 1.29 is 47.2 Å². The number of methoxy groups -OCH3 is 3. The first-order valence-corrected chi connectivity index (χ1v) is 26.2. The second-order valence-corrected chi connectivity index (χ2v) is 22.5. The Morgan fingerprint density at radius 1 is 0.620 bits per heavy atom. The van der Waals surface area contributed by atoms with Crippen LogP contribution in [0, 0.1) is 23.5 Å². The molecule has 12 nitrogen and oxygen atoms in total. The normalized spacial score (nSPS) is 24.1. The summed E-state index contributed by atoms with van der Waals surface area (Å²) in [5, 5.41) is 11.6. The van der Waals surface area contributed by atoms with Crippen LogP contribution in [0.5, 0.6) is 11.5 Å². The molecular formula is C55H68F2N4O8S2. The van der Waals surface area contributed by atoms with Gasteiger partial charge in [0.25, 0.3) is 0 Å². The van der Waals surface area contributed by atoms with Crippen molar-refractivity contribution in [2.45, 2.75) is 128 Å². The molecule has 71 heavy (non-hydrogen) atoms. The summed E-state index contributed by atoms with van der Waals surface area (Å²) in [5.74, 6) is 2.41. The number of rotatable bonds is 9. The van der Waals surface area contributed by atoms with E-state index < -0.39 is 40.6 Å². The highest BCUT2D eigenvalue weighted by molar-refractivity contribution is 8.14. The van der Waals surface area contributed by atoms with Crippen LogP contribution in [0.3, 0.4) is 0 Å². The largest absolute Gasteiger partial charge is 0.497 e. The van der Waals surface area contributed by atoms with Gasteiger partial charge >= 0.3 is 12.2 Å². The molecule has 2 aliphatic carbocycles. The van der Waals surface area contributed by atoms with E-state index in [2.05, 4.69) is 0 Å². The van der Waals surface area contributed by atoms with Gasteiger partial charge in [0.1, 0.15) is 34.3 Å². The molecule has 1 N–H and O–H groups in total. The summed E-state index contributed by atoms with van der Waals surface area (Å²) in [6, 6.07) is 28.5. The van der Waals surface area contributed by atoms with Gasteiger partial charge in [-0.3, -0.25) is 9.80 Å². The Morgan fingerprint density at radius 3 is 1.42 bits per heavy atom. The Kier molecular flexibility index (Phi) is 17.2. The number of hydrogen-bond donors (Lipinski definition) is 1. The third-order valence-electron chi connectivity index (χ3n) is 13.2. The number of aliphatic hydroxyl groups is 1. The number of nitrogens with zero attached hydrogens (tertiary/aromatic N) is 4. The van der Waals surface area contributed by atoms with E-state index in [0.29, 0.717) is 46.5 Å². The van der Waals surface area contributed by atoms with Crippen LogP contribution in [-0.2, 0) is 38.4 Å². The first-order valence-electron chi connectivity index (χ1n) is 24.2. The number of halogens is 2. The Labute approximate surface area is 425 Å². The number of carbonyl (C=O) groups excluding carboxylic acids is 2. The molecule has 0 radical (unpaired) electrons. The quantitative estimate of drug-likeness (QED) is 0.173. The topological polar surface area (TPSA) is 132 Å². The van der Waals surface area contributed by atoms with Gasteiger partial charge in [0, 0.05) is 42.6 Å². The van der Waals surface area contributed by atoms with Gasteiger partial charge in [-0.1, -0.05) is 84.2 Å². The van der Waals surface area contributed by atoms with E-state index in [-0.39, 0.29) is 42.7 Å². The van der Waals surface area contributed by atoms with Crippen molar-refractivity contribution in [1.29, 1.82) is 0 Å². The SMILES string of the molecule is COc1ccc(CN(C(=O)OC(C)(C)C)C2=N[C@@]3(c4ccccc4F)C[C@H](O)CC[C@H]3CS2)cc1.COc1ccc(CN(C(=O)OC(C)(C)C)C2=N[C@@]3(c4ccccc4F)C[C@H](OC)CC[C@H]3CS2)cc1. The van der Waals surface area contributed by atoms with Crippen molar-refractivity contribution in [2.24, 2.45) is 21.8 Å². The van der Waals surface area contributed by atoms with E-state index in [1.165, 1.54) is 40.6 Å². The first-order chi connectivity index (χ1) is 33.8. The molecule has 8 rings (SSSR count). The summed E-state index contributed by atoms with van der Waals surface area (Å²) >= 11 is 3.02. The standard InChI is InChI=1S/C28H35FN2O4S.C27H33FN2O4S/c1-27(2,3)35-26(32)31(17-19-10-13-21(33-4)14-11-19)25-30-28(23-8-6-7-9-24(23)29)16-22(34-5)15-12-20(28)18-36-25;1-26(2,3)34-25(32)30(16-18-9-13-21(33-4)14-10-18)24-29-27(22-7-5-6-8-23(22)28)15-20(31)12-11-19(27)17-35-24/h6-11,13-14,20,22H,12,15-18H2,1-5H3;5-10,13-14,19-20,31H,11-12,15-17H2,1-4H3/t20-,22+,28-;19-,20+,27-/m00/s1. The van der Waals surface area contributed by atoms with Crippen LogP contribution in [0.1, 0.15) is 102 Å². The van der Waals surface area contributed by atoms with Crippen LogP contribution in [0.2, 0.25) is 0 Å². The number of hydrogen-bond acceptors (Lipinski definition) is 12. The number of amides is 2. The number of carbonyl (C=O) groups is 2. The maximum Gasteiger partial charge on any atom is 0.416 e. The lowest BCUT2D eigenvalue weighted by molar-refractivity contribution is 0.0180. The lowest BCUT2D eigenvalue weighted by atomic mass is 9.68. The van der Waals surface area contributed by atoms with Gasteiger partial charge in [-0.15, -0.1) is 0 Å². The third kappa shape index (κ3) is 12.9. The highest BCUT2D eigenvalue weighted by Gasteiger charge is 2.51. The number of benzene rings is 4. The van der Waals surface area contributed by atoms with Crippen molar-refractivity contribution in [3.63, 3.8) is 0 Å². The summed E-state index contributed by atoms with van der Waals surface area (Å²) < 4.78 is 58.2. The van der Waals surface area contributed by atoms with E-state index >= 15 is 8.78 Å². The second kappa shape index (κ2) is 22.7. The summed E-state index contributed by atoms with van der Waals surface area (Å²) in [4.78, 5) is 40.2. The van der Waals surface area contributed by atoms with E-state index in [1.54, 1.807) is 50.5 Å². The zero-order chi connectivity index (χ0) is 51.1. The summed E-state index contributed by atoms with van der Waals surface area (Å²) in [6.45, 7) is 11.5. The van der Waals surface area contributed by atoms with Crippen LogP contribution in [-0.4, -0.2) is 93.7 Å². The highest BCUT2D eigenvalue weighted by Crippen LogP contribution is 2.52. The molecule has 0 saturated heterocycles. The van der Waals surface area contributed by atoms with E-state index in [4.69, 9.17) is 33.7 Å². The lowest BCUT2D eigenvalue weighted by Crippen LogP contribution is -2.49. The number of thioether (sulfide) groups is 2. The maximum absolute atomic E-state index is 15.3. The average Bonchev–Trinajstić information content (AvgIpc) is 3.33. The average molecular weight is 1020 g/mol. The van der Waals surface area contributed by atoms with Gasteiger partial charge in [0.2, 0.25) is 0 Å². The van der Waals surface area contributed by atoms with Crippen LogP contribution in [0.25, 0.3) is 0 Å². The van der Waals surface area contributed by atoms with E-state index in [0.717, 1.165) is 47.6 Å². The van der Waals surface area contributed by atoms with Gasteiger partial charge in [0.15, 0.2) is 10.3 Å². The van der Waals surface area contributed by atoms with Gasteiger partial charge in [-0.2, -0.15) is 0 Å². The van der Waals surface area contributed by atoms with Crippen molar-refractivity contribution in [3.05, 3.63) is 131 Å². The predicted molar refractivity (Wildman–Crippen MR) is 277 cm³/mol. The minimum absolute atomic E-state index is 0.0366. The van der Waals surface area contributed by atoms with Gasteiger partial charge in [-0.05, 0) is 127 Å². The fourth-order valence-electron chi connectivity index (χ4n) is 9.74. The monoisotopic (exact) mass is 1010 g/mol. The summed E-state index contributed by atoms with van der Waals surface area (Å²) in [6.07, 6.45) is 2.44. The molecule has 0 aromatic heterocycles. The molecule has 2 amide bonds. The van der Waals surface area contributed by atoms with Crippen molar-refractivity contribution >= 4 is 46.0 Å². The molecule has 2 fully saturated rings. The highest BCUT2D eigenvalue weighted by atomic mass is 32.2. The minimum Gasteiger partial charge on any atom is -0.497 e. The Balaban J connectivity index is 0.000000209. The van der Waals surface area contributed by atoms with Crippen molar-refractivity contribution in [3.8, 4) is 11.5 Å². The van der Waals surface area contributed by atoms with Crippen LogP contribution < -0.4 is 9.47 Å². The Bertz CT molecular complexity index is 2530. The number of fused-ring (bicyclic) bond motifs is 2. The summed E-state index contributed by atoms with van der Waals surface area (Å²) in [5.41, 5.74) is -0.307. The molecule has 2 saturated carbocycles. The molecule has 6 atom stereocenters. The molecule has 4 aromatic rings. The number of aliphatic hydroxyl groups excluding tert-OH is 1. The number of ether oxygens (including phenoxy) is 5. The first kappa shape index (κ1) is 53.6. The van der Waals surface area contributed by atoms with Gasteiger partial charge in [-0.25, -0.2) is 28.4 Å². The maximum atomic E-state index is 15.3. The second-order valence-electron chi connectivity index (χ2n) is 20.5. The molecule has 0 bridgehead atoms. The number of aliphatic imine (C=N–C) groups is 2. The van der Waals surface area contributed by atoms with Crippen LogP contribution >= 0.6 is 23.5 Å². The van der Waals surface area contributed by atoms with Crippen molar-refractivity contribution in [1.82, 2.24) is 9.80 Å². The minimum atomic E-state index is -0.941. The summed E-state index contributed by atoms with van der Waals surface area (Å²) in [7, 11) is 4.91. The molecule has 0 spiro atoms. The molecule has 382 valence electrons. The lowest BCUT2D eigenvalue weighted by Gasteiger charge is -2.47. The molecule has 0 unspecified atom stereocenters. The fourth-order valence-corrected chi connectivity index (χ4v) is 12.4. The van der Waals surface area contributed by atoms with E-state index in [1.807, 2.05) is 102 Å². The third-order valence-corrected chi connectivity index (χ3v) is 15.5. The fraction of sp³-hybridized carbons (Fsp3) is 0.491. The smallest absolute Gasteiger partial charge is 0.416 e. The van der Waals surface area contributed by atoms with Crippen molar-refractivity contribution in [2.75, 3.05) is 32.8 Å². The molecular weight excluding hydrogens is 947 g/mol. The predicted octanol–water partition coefficient (Wildman–Crippen LogP) is 12.1. The molecule has 2 aliphatic heterocycles. The van der Waals surface area contributed by atoms with Gasteiger partial charge in [0.05, 0.1) is 50.6 Å². The molecule has 4 aliphatic rings. The van der Waals surface area contributed by atoms with Crippen LogP contribution in [0.15, 0.2) is 107 Å². The molecule has 2 heterocycles. The zero-order valence-electron chi connectivity index (χ0n) is 42.3. The molecule has 16 heteroatoms. The molecule has 4 aromatic carbocycles. The Morgan fingerprint density at radius 2 is 1.03 bits per heavy atom. The number of amidine groups is 2. The van der Waals surface area contributed by atoms with E-state index in [9.17, 15) is 14.7 Å². The van der Waals surface area contributed by atoms with Crippen LogP contribution in [0.4, 0.5) is 18.4 Å². The van der Waals surface area contributed by atoms with Gasteiger partial charge < -0.3 is 28.8 Å². The Hall–Kier alpha value is -5.16.